The maximum absolute atomic E-state index is 13.1. The highest BCUT2D eigenvalue weighted by molar-refractivity contribution is 7.99. The Hall–Kier alpha value is -5.15. The number of hydrogen-bond acceptors (Lipinski definition) is 6. The summed E-state index contributed by atoms with van der Waals surface area (Å²) < 4.78 is 4.75. The summed E-state index contributed by atoms with van der Waals surface area (Å²) in [6.45, 7) is 0.477. The normalized spacial score (nSPS) is 10.7. The molecule has 4 aromatic rings. The van der Waals surface area contributed by atoms with E-state index in [1.165, 1.54) is 6.07 Å². The number of rotatable bonds is 13. The van der Waals surface area contributed by atoms with Crippen molar-refractivity contribution in [3.05, 3.63) is 83.7 Å². The van der Waals surface area contributed by atoms with Gasteiger partial charge in [0.2, 0.25) is 0 Å². The maximum Gasteiger partial charge on any atom is 0.272 e. The molecule has 0 aliphatic rings. The smallest absolute Gasteiger partial charge is 0.272 e. The predicted octanol–water partition coefficient (Wildman–Crippen LogP) is 2.79. The molecule has 4 amide bonds. The van der Waals surface area contributed by atoms with Crippen molar-refractivity contribution in [2.75, 3.05) is 40.7 Å². The van der Waals surface area contributed by atoms with Gasteiger partial charge in [-0.05, 0) is 42.5 Å². The third-order valence-electron chi connectivity index (χ3n) is 6.64. The van der Waals surface area contributed by atoms with E-state index < -0.39 is 11.8 Å². The number of amides is 4. The van der Waals surface area contributed by atoms with Gasteiger partial charge in [-0.2, -0.15) is 0 Å². The van der Waals surface area contributed by atoms with Crippen LogP contribution >= 0.6 is 23.4 Å². The minimum absolute atomic E-state index is 0.0622. The highest BCUT2D eigenvalue weighted by Crippen LogP contribution is 2.21. The van der Waals surface area contributed by atoms with Crippen molar-refractivity contribution < 1.29 is 19.2 Å². The molecule has 3 aromatic heterocycles. The first-order chi connectivity index (χ1) is 21.9. The van der Waals surface area contributed by atoms with Crippen molar-refractivity contribution >= 4 is 70.0 Å². The van der Waals surface area contributed by atoms with E-state index in [-0.39, 0.29) is 36.6 Å². The lowest BCUT2D eigenvalue weighted by atomic mass is 10.2. The quantitative estimate of drug-likeness (QED) is 0.0415. The fraction of sp³-hybridized carbons (Fsp3) is 0.233. The third kappa shape index (κ3) is 8.73. The predicted molar refractivity (Wildman–Crippen MR) is 181 cm³/mol. The summed E-state index contributed by atoms with van der Waals surface area (Å²) in [5.41, 5.74) is 13.2. The van der Waals surface area contributed by atoms with E-state index in [2.05, 4.69) is 26.3 Å². The summed E-state index contributed by atoms with van der Waals surface area (Å²) in [5, 5.41) is 11.1. The number of alkyl halides is 1. The summed E-state index contributed by atoms with van der Waals surface area (Å²) in [7, 11) is 5.04. The zero-order valence-electron chi connectivity index (χ0n) is 25.5. The minimum Gasteiger partial charge on any atom is -0.370 e. The molecule has 0 aliphatic heterocycles. The Kier molecular flexibility index (Phi) is 11.2. The van der Waals surface area contributed by atoms with Gasteiger partial charge >= 0.3 is 0 Å². The number of aliphatic imine (C=N–C) groups is 1. The van der Waals surface area contributed by atoms with Gasteiger partial charge in [0.15, 0.2) is 5.96 Å². The van der Waals surface area contributed by atoms with E-state index >= 15 is 0 Å². The summed E-state index contributed by atoms with van der Waals surface area (Å²) >= 11 is 7.34. The van der Waals surface area contributed by atoms with Gasteiger partial charge < -0.3 is 46.4 Å². The SMILES string of the molecule is Cn1cc(NC(=O)c2cc(NC(=O)c3cc(NC(=O)c4ccc(SCCCl)cc4)cn3C)cn2C)cc1C(=O)NCCN=C(N)N. The first kappa shape index (κ1) is 33.7. The number of anilines is 3. The minimum atomic E-state index is -0.442. The Bertz CT molecular complexity index is 1770. The number of halogens is 1. The molecule has 0 fully saturated rings. The van der Waals surface area contributed by atoms with E-state index in [0.29, 0.717) is 39.9 Å². The second-order valence-corrected chi connectivity index (χ2v) is 11.7. The Morgan fingerprint density at radius 2 is 1.20 bits per heavy atom. The van der Waals surface area contributed by atoms with Gasteiger partial charge in [-0.1, -0.05) is 0 Å². The zero-order valence-corrected chi connectivity index (χ0v) is 27.0. The molecule has 16 heteroatoms. The number of carbonyl (C=O) groups excluding carboxylic acids is 4. The molecule has 0 spiro atoms. The average Bonchev–Trinajstić information content (AvgIpc) is 3.69. The Morgan fingerprint density at radius 1 is 0.739 bits per heavy atom. The van der Waals surface area contributed by atoms with Crippen LogP contribution in [0.5, 0.6) is 0 Å². The van der Waals surface area contributed by atoms with Crippen LogP contribution < -0.4 is 32.7 Å². The molecule has 0 saturated heterocycles. The van der Waals surface area contributed by atoms with E-state index in [4.69, 9.17) is 23.1 Å². The first-order valence-electron chi connectivity index (χ1n) is 14.0. The molecule has 4 rings (SSSR count). The van der Waals surface area contributed by atoms with Gasteiger partial charge in [0.25, 0.3) is 23.6 Å². The van der Waals surface area contributed by atoms with Crippen LogP contribution in [0.4, 0.5) is 17.1 Å². The van der Waals surface area contributed by atoms with Crippen LogP contribution in [0.3, 0.4) is 0 Å². The molecule has 0 unspecified atom stereocenters. The standard InChI is InChI=1S/C30H35ClN10O4S/c1-39-16-20(12-23(39)27(43)34-9-10-35-30(32)33)37-29(45)25-14-21(17-41(25)3)38-28(44)24-13-19(15-40(24)2)36-26(42)18-4-6-22(7-5-18)46-11-8-31/h4-7,12-17H,8-11H2,1-3H3,(H,34,43)(H,36,42)(H,37,45)(H,38,44)(H4,32,33,35). The van der Waals surface area contributed by atoms with Crippen LogP contribution in [-0.2, 0) is 21.1 Å². The molecule has 46 heavy (non-hydrogen) atoms. The zero-order chi connectivity index (χ0) is 33.4. The van der Waals surface area contributed by atoms with E-state index in [9.17, 15) is 19.2 Å². The molecule has 1 aromatic carbocycles. The van der Waals surface area contributed by atoms with Crippen LogP contribution in [0.1, 0.15) is 41.8 Å². The summed E-state index contributed by atoms with van der Waals surface area (Å²) in [6.07, 6.45) is 4.85. The Balaban J connectivity index is 1.35. The number of aryl methyl sites for hydroxylation is 3. The highest BCUT2D eigenvalue weighted by atomic mass is 35.5. The van der Waals surface area contributed by atoms with Gasteiger partial charge in [-0.25, -0.2) is 0 Å². The number of nitrogens with two attached hydrogens (primary N) is 2. The second kappa shape index (κ2) is 15.2. The first-order valence-corrected chi connectivity index (χ1v) is 15.5. The lowest BCUT2D eigenvalue weighted by molar-refractivity contribution is 0.0944. The average molecular weight is 667 g/mol. The molecule has 0 saturated carbocycles. The van der Waals surface area contributed by atoms with Gasteiger partial charge in [0.05, 0.1) is 23.6 Å². The molecular weight excluding hydrogens is 632 g/mol. The van der Waals surface area contributed by atoms with Crippen LogP contribution in [0.2, 0.25) is 0 Å². The fourth-order valence-electron chi connectivity index (χ4n) is 4.47. The molecule has 8 N–H and O–H groups in total. The fourth-order valence-corrected chi connectivity index (χ4v) is 5.35. The molecule has 0 radical (unpaired) electrons. The van der Waals surface area contributed by atoms with E-state index in [1.807, 2.05) is 12.1 Å². The third-order valence-corrected chi connectivity index (χ3v) is 8.07. The van der Waals surface area contributed by atoms with Crippen LogP contribution in [0, 0.1) is 0 Å². The molecule has 14 nitrogen and oxygen atoms in total. The van der Waals surface area contributed by atoms with Gasteiger partial charge in [-0.3, -0.25) is 24.2 Å². The number of guanidine groups is 1. The topological polar surface area (TPSA) is 196 Å². The molecule has 242 valence electrons. The second-order valence-electron chi connectivity index (χ2n) is 10.2. The summed E-state index contributed by atoms with van der Waals surface area (Å²) in [4.78, 5) is 56.3. The van der Waals surface area contributed by atoms with Crippen molar-refractivity contribution in [3.8, 4) is 0 Å². The van der Waals surface area contributed by atoms with Crippen LogP contribution in [0.15, 0.2) is 70.9 Å². The van der Waals surface area contributed by atoms with Crippen molar-refractivity contribution in [1.82, 2.24) is 19.0 Å². The summed E-state index contributed by atoms with van der Waals surface area (Å²) in [5.74, 6) is -0.275. The van der Waals surface area contributed by atoms with E-state index in [1.54, 1.807) is 89.5 Å². The number of carbonyl (C=O) groups is 4. The molecular formula is C30H35ClN10O4S. The van der Waals surface area contributed by atoms with Gasteiger partial charge in [-0.15, -0.1) is 23.4 Å². The summed E-state index contributed by atoms with van der Waals surface area (Å²) in [6, 6.07) is 11.8. The maximum atomic E-state index is 13.1. The van der Waals surface area contributed by atoms with Crippen LogP contribution in [0.25, 0.3) is 0 Å². The molecule has 3 heterocycles. The van der Waals surface area contributed by atoms with Crippen molar-refractivity contribution in [2.24, 2.45) is 37.6 Å². The lowest BCUT2D eigenvalue weighted by Gasteiger charge is -2.04. The number of thioether (sulfide) groups is 1. The number of aromatic nitrogens is 3. The molecule has 0 atom stereocenters. The highest BCUT2D eigenvalue weighted by Gasteiger charge is 2.19. The number of benzene rings is 1. The van der Waals surface area contributed by atoms with Crippen molar-refractivity contribution in [2.45, 2.75) is 4.90 Å². The Labute approximate surface area is 274 Å². The van der Waals surface area contributed by atoms with Gasteiger partial charge in [0, 0.05) is 68.4 Å². The number of nitrogens with one attached hydrogen (secondary N) is 4. The van der Waals surface area contributed by atoms with Crippen molar-refractivity contribution in [3.63, 3.8) is 0 Å². The Morgan fingerprint density at radius 3 is 1.65 bits per heavy atom. The van der Waals surface area contributed by atoms with Gasteiger partial charge in [0.1, 0.15) is 17.1 Å². The van der Waals surface area contributed by atoms with E-state index in [0.717, 1.165) is 10.6 Å². The van der Waals surface area contributed by atoms with Crippen LogP contribution in [-0.4, -0.2) is 68.0 Å². The number of hydrogen-bond donors (Lipinski definition) is 6. The largest absolute Gasteiger partial charge is 0.370 e. The molecule has 0 bridgehead atoms. The monoisotopic (exact) mass is 666 g/mol. The number of nitrogens with zero attached hydrogens (tertiary/aromatic N) is 4. The molecule has 0 aliphatic carbocycles. The van der Waals surface area contributed by atoms with Crippen molar-refractivity contribution in [1.29, 1.82) is 0 Å². The lowest BCUT2D eigenvalue weighted by Crippen LogP contribution is -2.29.